The lowest BCUT2D eigenvalue weighted by Crippen LogP contribution is -1.94. The number of ether oxygens (including phenoxy) is 1. The number of aromatic nitrogens is 2. The number of carbonyl (C=O) groups is 1. The molecule has 0 aliphatic carbocycles. The minimum absolute atomic E-state index is 0.264. The van der Waals surface area contributed by atoms with E-state index >= 15 is 0 Å². The van der Waals surface area contributed by atoms with Gasteiger partial charge in [-0.2, -0.15) is 0 Å². The second kappa shape index (κ2) is 5.36. The molecule has 0 unspecified atom stereocenters. The number of carboxylic acids is 1. The maximum atomic E-state index is 10.9. The quantitative estimate of drug-likeness (QED) is 0.929. The molecule has 0 aliphatic heterocycles. The van der Waals surface area contributed by atoms with Crippen LogP contribution in [-0.2, 0) is 0 Å². The van der Waals surface area contributed by atoms with Gasteiger partial charge < -0.3 is 9.84 Å². The SMILES string of the molecule is COc1cccc(Sc2nc(C)c(C(=O)O)s2)n1. The Morgan fingerprint density at radius 2 is 2.22 bits per heavy atom. The minimum Gasteiger partial charge on any atom is -0.481 e. The maximum absolute atomic E-state index is 10.9. The van der Waals surface area contributed by atoms with E-state index in [0.717, 1.165) is 16.4 Å². The first-order chi connectivity index (χ1) is 8.60. The normalized spacial score (nSPS) is 10.3. The first-order valence-corrected chi connectivity index (χ1v) is 6.63. The van der Waals surface area contributed by atoms with Gasteiger partial charge in [-0.15, -0.1) is 0 Å². The van der Waals surface area contributed by atoms with Crippen molar-refractivity contribution in [3.8, 4) is 5.88 Å². The molecule has 0 aromatic carbocycles. The topological polar surface area (TPSA) is 72.3 Å². The van der Waals surface area contributed by atoms with Gasteiger partial charge in [-0.25, -0.2) is 14.8 Å². The van der Waals surface area contributed by atoms with Gasteiger partial charge in [0.05, 0.1) is 12.8 Å². The molecule has 94 valence electrons. The molecule has 18 heavy (non-hydrogen) atoms. The van der Waals surface area contributed by atoms with Gasteiger partial charge >= 0.3 is 5.97 Å². The predicted octanol–water partition coefficient (Wildman–Crippen LogP) is 2.70. The molecule has 2 aromatic heterocycles. The third-order valence-electron chi connectivity index (χ3n) is 2.07. The number of hydrogen-bond acceptors (Lipinski definition) is 6. The minimum atomic E-state index is -0.949. The van der Waals surface area contributed by atoms with Gasteiger partial charge in [-0.05, 0) is 24.8 Å². The Bertz CT molecular complexity index is 583. The molecule has 1 N–H and O–H groups in total. The Hall–Kier alpha value is -1.60. The lowest BCUT2D eigenvalue weighted by atomic mass is 10.4. The van der Waals surface area contributed by atoms with E-state index < -0.39 is 5.97 Å². The average Bonchev–Trinajstić information content (AvgIpc) is 2.70. The number of thiazole rings is 1. The molecule has 0 bridgehead atoms. The summed E-state index contributed by atoms with van der Waals surface area (Å²) in [5.41, 5.74) is 0.526. The van der Waals surface area contributed by atoms with E-state index in [1.54, 1.807) is 20.1 Å². The van der Waals surface area contributed by atoms with Crippen molar-refractivity contribution < 1.29 is 14.6 Å². The molecular formula is C11H10N2O3S2. The second-order valence-electron chi connectivity index (χ2n) is 3.32. The van der Waals surface area contributed by atoms with E-state index in [-0.39, 0.29) is 4.88 Å². The molecule has 5 nitrogen and oxygen atoms in total. The molecule has 0 saturated heterocycles. The Morgan fingerprint density at radius 1 is 1.44 bits per heavy atom. The first kappa shape index (κ1) is 12.8. The summed E-state index contributed by atoms with van der Waals surface area (Å²) in [7, 11) is 1.55. The van der Waals surface area contributed by atoms with Crippen molar-refractivity contribution >= 4 is 29.1 Å². The molecule has 7 heteroatoms. The van der Waals surface area contributed by atoms with Gasteiger partial charge in [0.15, 0.2) is 4.34 Å². The highest BCUT2D eigenvalue weighted by Gasteiger charge is 2.15. The molecule has 0 radical (unpaired) electrons. The van der Waals surface area contributed by atoms with E-state index in [2.05, 4.69) is 9.97 Å². The van der Waals surface area contributed by atoms with Crippen molar-refractivity contribution in [1.82, 2.24) is 9.97 Å². The lowest BCUT2D eigenvalue weighted by molar-refractivity contribution is 0.0701. The summed E-state index contributed by atoms with van der Waals surface area (Å²) in [5.74, 6) is -0.429. The number of rotatable bonds is 4. The molecule has 0 atom stereocenters. The maximum Gasteiger partial charge on any atom is 0.347 e. The predicted molar refractivity (Wildman–Crippen MR) is 68.7 cm³/mol. The second-order valence-corrected chi connectivity index (χ2v) is 5.59. The third kappa shape index (κ3) is 2.80. The summed E-state index contributed by atoms with van der Waals surface area (Å²) in [4.78, 5) is 19.6. The summed E-state index contributed by atoms with van der Waals surface area (Å²) in [6.45, 7) is 1.68. The molecule has 0 spiro atoms. The summed E-state index contributed by atoms with van der Waals surface area (Å²) in [6.07, 6.45) is 0. The van der Waals surface area contributed by atoms with Crippen LogP contribution >= 0.6 is 23.1 Å². The van der Waals surface area contributed by atoms with Crippen LogP contribution in [0.15, 0.2) is 27.6 Å². The highest BCUT2D eigenvalue weighted by Crippen LogP contribution is 2.32. The fourth-order valence-corrected chi connectivity index (χ4v) is 3.22. The summed E-state index contributed by atoms with van der Waals surface area (Å²) < 4.78 is 5.68. The van der Waals surface area contributed by atoms with E-state index in [9.17, 15) is 4.79 Å². The number of hydrogen-bond donors (Lipinski definition) is 1. The molecule has 2 aromatic rings. The van der Waals surface area contributed by atoms with Crippen molar-refractivity contribution in [2.24, 2.45) is 0 Å². The highest BCUT2D eigenvalue weighted by molar-refractivity contribution is 8.01. The van der Waals surface area contributed by atoms with Crippen molar-refractivity contribution in [2.45, 2.75) is 16.3 Å². The zero-order valence-electron chi connectivity index (χ0n) is 9.71. The van der Waals surface area contributed by atoms with E-state index in [1.165, 1.54) is 11.8 Å². The molecule has 2 rings (SSSR count). The smallest absolute Gasteiger partial charge is 0.347 e. The van der Waals surface area contributed by atoms with E-state index in [0.29, 0.717) is 15.9 Å². The van der Waals surface area contributed by atoms with Crippen molar-refractivity contribution in [3.63, 3.8) is 0 Å². The number of aryl methyl sites for hydroxylation is 1. The summed E-state index contributed by atoms with van der Waals surface area (Å²) in [5, 5.41) is 9.68. The van der Waals surface area contributed by atoms with Crippen LogP contribution < -0.4 is 4.74 Å². The third-order valence-corrected chi connectivity index (χ3v) is 4.21. The number of pyridine rings is 1. The van der Waals surface area contributed by atoms with Gasteiger partial charge in [0.2, 0.25) is 5.88 Å². The van der Waals surface area contributed by atoms with Crippen LogP contribution in [0.4, 0.5) is 0 Å². The molecule has 0 aliphatic rings. The standard InChI is InChI=1S/C11H10N2O3S2/c1-6-9(10(14)15)18-11(12-6)17-8-5-3-4-7(13-8)16-2/h3-5H,1-2H3,(H,14,15). The zero-order valence-corrected chi connectivity index (χ0v) is 11.3. The van der Waals surface area contributed by atoms with Crippen LogP contribution in [0.5, 0.6) is 5.88 Å². The van der Waals surface area contributed by atoms with Crippen LogP contribution in [0.25, 0.3) is 0 Å². The Balaban J connectivity index is 2.23. The Kier molecular flexibility index (Phi) is 3.83. The molecule has 0 saturated carbocycles. The Morgan fingerprint density at radius 3 is 2.83 bits per heavy atom. The van der Waals surface area contributed by atoms with Gasteiger partial charge in [-0.1, -0.05) is 17.4 Å². The molecule has 0 fully saturated rings. The number of carboxylic acid groups (broad SMARTS) is 1. The van der Waals surface area contributed by atoms with Crippen molar-refractivity contribution in [2.75, 3.05) is 7.11 Å². The van der Waals surface area contributed by atoms with Crippen molar-refractivity contribution in [1.29, 1.82) is 0 Å². The highest BCUT2D eigenvalue weighted by atomic mass is 32.2. The van der Waals surface area contributed by atoms with Gasteiger partial charge in [-0.3, -0.25) is 0 Å². The lowest BCUT2D eigenvalue weighted by Gasteiger charge is -2.00. The van der Waals surface area contributed by atoms with E-state index in [1.807, 2.05) is 12.1 Å². The number of methoxy groups -OCH3 is 1. The fraction of sp³-hybridized carbons (Fsp3) is 0.182. The molecule has 2 heterocycles. The van der Waals surface area contributed by atoms with Gasteiger partial charge in [0.25, 0.3) is 0 Å². The Labute approximate surface area is 112 Å². The molecular weight excluding hydrogens is 272 g/mol. The monoisotopic (exact) mass is 282 g/mol. The largest absolute Gasteiger partial charge is 0.481 e. The summed E-state index contributed by atoms with van der Waals surface area (Å²) >= 11 is 2.47. The first-order valence-electron chi connectivity index (χ1n) is 5.00. The average molecular weight is 282 g/mol. The van der Waals surface area contributed by atoms with Crippen LogP contribution in [0, 0.1) is 6.92 Å². The fourth-order valence-electron chi connectivity index (χ4n) is 1.27. The molecule has 0 amide bonds. The summed E-state index contributed by atoms with van der Waals surface area (Å²) in [6, 6.07) is 5.40. The number of aromatic carboxylic acids is 1. The van der Waals surface area contributed by atoms with Gasteiger partial charge in [0.1, 0.15) is 9.90 Å². The van der Waals surface area contributed by atoms with Crippen LogP contribution in [0.3, 0.4) is 0 Å². The van der Waals surface area contributed by atoms with E-state index in [4.69, 9.17) is 9.84 Å². The van der Waals surface area contributed by atoms with Crippen LogP contribution in [-0.4, -0.2) is 28.2 Å². The van der Waals surface area contributed by atoms with Crippen LogP contribution in [0.1, 0.15) is 15.4 Å². The van der Waals surface area contributed by atoms with Gasteiger partial charge in [0, 0.05) is 6.07 Å². The van der Waals surface area contributed by atoms with Crippen LogP contribution in [0.2, 0.25) is 0 Å². The zero-order chi connectivity index (χ0) is 13.1. The van der Waals surface area contributed by atoms with Crippen molar-refractivity contribution in [3.05, 3.63) is 28.8 Å². The number of nitrogens with zero attached hydrogens (tertiary/aromatic N) is 2.